The third-order valence-electron chi connectivity index (χ3n) is 2.24. The summed E-state index contributed by atoms with van der Waals surface area (Å²) < 4.78 is 61.8. The fraction of sp³-hybridized carbons (Fsp3) is 0.273. The summed E-state index contributed by atoms with van der Waals surface area (Å²) in [6.45, 7) is 4.06. The van der Waals surface area contributed by atoms with E-state index in [1.54, 1.807) is 13.0 Å². The molecule has 1 N–H and O–H groups in total. The van der Waals surface area contributed by atoms with E-state index < -0.39 is 22.0 Å². The number of rotatable bonds is 5. The molecule has 1 rings (SSSR count). The highest BCUT2D eigenvalue weighted by Crippen LogP contribution is 2.32. The predicted octanol–water partition coefficient (Wildman–Crippen LogP) is 3.79. The van der Waals surface area contributed by atoms with Crippen molar-refractivity contribution in [1.82, 2.24) is 0 Å². The van der Waals surface area contributed by atoms with Gasteiger partial charge in [0.25, 0.3) is 0 Å². The minimum Gasteiger partial charge on any atom is -0.485 e. The molecule has 0 aliphatic carbocycles. The molecule has 0 fully saturated rings. The minimum atomic E-state index is -5.50. The van der Waals surface area contributed by atoms with Crippen LogP contribution in [-0.2, 0) is 10.1 Å². The van der Waals surface area contributed by atoms with E-state index in [9.17, 15) is 17.2 Å². The predicted molar refractivity (Wildman–Crippen MR) is 88.6 cm³/mol. The molecule has 20 heavy (non-hydrogen) atoms. The number of allylic oxidation sites excluding steroid dienone is 1. The van der Waals surface area contributed by atoms with Gasteiger partial charge in [0.15, 0.2) is 6.61 Å². The van der Waals surface area contributed by atoms with Crippen molar-refractivity contribution in [3.8, 4) is 5.75 Å². The first kappa shape index (κ1) is 18.0. The van der Waals surface area contributed by atoms with E-state index in [-0.39, 0.29) is 5.75 Å². The van der Waals surface area contributed by atoms with Gasteiger partial charge in [0, 0.05) is 3.57 Å². The third-order valence-corrected chi connectivity index (χ3v) is 4.85. The van der Waals surface area contributed by atoms with Crippen molar-refractivity contribution in [2.45, 2.75) is 12.2 Å². The summed E-state index contributed by atoms with van der Waals surface area (Å²) in [6.07, 6.45) is 0. The molecule has 4 nitrogen and oxygen atoms in total. The Balaban J connectivity index is 3.09. The molecule has 0 aromatic heterocycles. The number of alkyl halides is 2. The lowest BCUT2D eigenvalue weighted by atomic mass is 10.1. The molecule has 0 heterocycles. The Hall–Kier alpha value is -0.0100. The zero-order valence-electron chi connectivity index (χ0n) is 10.2. The maximum atomic E-state index is 13.1. The Morgan fingerprint density at radius 2 is 2.00 bits per heavy atom. The molecule has 0 saturated carbocycles. The monoisotopic (exact) mass is 530 g/mol. The van der Waals surface area contributed by atoms with Crippen LogP contribution in [0.2, 0.25) is 0 Å². The smallest absolute Gasteiger partial charge is 0.402 e. The van der Waals surface area contributed by atoms with E-state index in [1.165, 1.54) is 6.07 Å². The van der Waals surface area contributed by atoms with Crippen molar-refractivity contribution in [3.05, 3.63) is 31.4 Å². The Morgan fingerprint density at radius 1 is 1.45 bits per heavy atom. The van der Waals surface area contributed by atoms with Crippen molar-refractivity contribution >= 4 is 60.9 Å². The van der Waals surface area contributed by atoms with Gasteiger partial charge in [0.2, 0.25) is 0 Å². The second kappa shape index (κ2) is 6.40. The fourth-order valence-electron chi connectivity index (χ4n) is 1.22. The van der Waals surface area contributed by atoms with Gasteiger partial charge in [-0.2, -0.15) is 17.2 Å². The Labute approximate surface area is 142 Å². The summed E-state index contributed by atoms with van der Waals surface area (Å²) in [4.78, 5) is 0. The summed E-state index contributed by atoms with van der Waals surface area (Å²) >= 11 is 3.88. The number of hydrogen-bond acceptors (Lipinski definition) is 3. The molecular formula is C11H10F2I2O4S. The van der Waals surface area contributed by atoms with Crippen LogP contribution in [0.15, 0.2) is 18.7 Å². The fourth-order valence-corrected chi connectivity index (χ4v) is 2.95. The quantitative estimate of drug-likeness (QED) is 0.466. The summed E-state index contributed by atoms with van der Waals surface area (Å²) in [5, 5.41) is -4.36. The normalized spacial score (nSPS) is 12.3. The van der Waals surface area contributed by atoms with Gasteiger partial charge >= 0.3 is 15.4 Å². The zero-order chi connectivity index (χ0) is 15.7. The van der Waals surface area contributed by atoms with Crippen LogP contribution in [0, 0.1) is 7.14 Å². The molecule has 1 aromatic rings. The Morgan fingerprint density at radius 3 is 2.45 bits per heavy atom. The Kier molecular flexibility index (Phi) is 5.77. The molecule has 9 heteroatoms. The largest absolute Gasteiger partial charge is 0.485 e. The molecule has 0 atom stereocenters. The highest BCUT2D eigenvalue weighted by atomic mass is 127. The van der Waals surface area contributed by atoms with Crippen LogP contribution in [-0.4, -0.2) is 24.8 Å². The molecular weight excluding hydrogens is 520 g/mol. The average Bonchev–Trinajstić information content (AvgIpc) is 2.28. The first-order valence-electron chi connectivity index (χ1n) is 5.08. The van der Waals surface area contributed by atoms with Gasteiger partial charge in [-0.15, -0.1) is 0 Å². The first-order chi connectivity index (χ1) is 8.95. The lowest BCUT2D eigenvalue weighted by molar-refractivity contribution is 0.0285. The van der Waals surface area contributed by atoms with Crippen LogP contribution < -0.4 is 4.74 Å². The van der Waals surface area contributed by atoms with Gasteiger partial charge in [0.05, 0.1) is 3.57 Å². The molecule has 0 unspecified atom stereocenters. The lowest BCUT2D eigenvalue weighted by Crippen LogP contribution is -2.35. The molecule has 0 spiro atoms. The van der Waals surface area contributed by atoms with E-state index in [0.29, 0.717) is 3.57 Å². The highest BCUT2D eigenvalue weighted by molar-refractivity contribution is 14.1. The van der Waals surface area contributed by atoms with Crippen molar-refractivity contribution < 1.29 is 26.5 Å². The second-order valence-corrected chi connectivity index (χ2v) is 7.82. The van der Waals surface area contributed by atoms with Crippen molar-refractivity contribution in [2.75, 3.05) is 6.61 Å². The van der Waals surface area contributed by atoms with E-state index in [4.69, 9.17) is 9.29 Å². The molecule has 0 amide bonds. The van der Waals surface area contributed by atoms with E-state index in [2.05, 4.69) is 6.58 Å². The first-order valence-corrected chi connectivity index (χ1v) is 8.68. The van der Waals surface area contributed by atoms with Gasteiger partial charge in [-0.25, -0.2) is 0 Å². The van der Waals surface area contributed by atoms with Gasteiger partial charge in [-0.3, -0.25) is 4.55 Å². The number of ether oxygens (including phenoxy) is 1. The van der Waals surface area contributed by atoms with Crippen LogP contribution in [0.4, 0.5) is 8.78 Å². The standard InChI is InChI=1S/C11H10F2I2O4S/c1-6(2)8-3-7(14)4-9(10(8)15)19-5-11(12,13)20(16,17)18/h3-4H,1,5H2,2H3,(H,16,17,18). The van der Waals surface area contributed by atoms with Gasteiger partial charge in [0.1, 0.15) is 5.75 Å². The van der Waals surface area contributed by atoms with Crippen LogP contribution in [0.5, 0.6) is 5.75 Å². The van der Waals surface area contributed by atoms with Gasteiger partial charge < -0.3 is 4.74 Å². The molecule has 1 aromatic carbocycles. The van der Waals surface area contributed by atoms with Gasteiger partial charge in [-0.05, 0) is 75.4 Å². The molecule has 112 valence electrons. The molecule has 0 bridgehead atoms. The second-order valence-electron chi connectivity index (χ2n) is 3.95. The number of halogens is 4. The van der Waals surface area contributed by atoms with Crippen LogP contribution >= 0.6 is 45.2 Å². The number of benzene rings is 1. The SMILES string of the molecule is C=C(C)c1cc(I)cc(OCC(F)(F)S(=O)(=O)O)c1I. The van der Waals surface area contributed by atoms with Crippen LogP contribution in [0.25, 0.3) is 5.57 Å². The summed E-state index contributed by atoms with van der Waals surface area (Å²) in [5.74, 6) is 0.110. The van der Waals surface area contributed by atoms with E-state index in [1.807, 2.05) is 45.2 Å². The maximum absolute atomic E-state index is 13.1. The highest BCUT2D eigenvalue weighted by Gasteiger charge is 2.45. The molecule has 0 aliphatic rings. The molecule has 0 aliphatic heterocycles. The van der Waals surface area contributed by atoms with Crippen LogP contribution in [0.3, 0.4) is 0 Å². The van der Waals surface area contributed by atoms with E-state index in [0.717, 1.165) is 14.7 Å². The Bertz CT molecular complexity index is 644. The van der Waals surface area contributed by atoms with Crippen molar-refractivity contribution in [3.63, 3.8) is 0 Å². The maximum Gasteiger partial charge on any atom is 0.402 e. The zero-order valence-corrected chi connectivity index (χ0v) is 15.3. The summed E-state index contributed by atoms with van der Waals surface area (Å²) in [5.41, 5.74) is 1.45. The van der Waals surface area contributed by atoms with E-state index >= 15 is 0 Å². The van der Waals surface area contributed by atoms with Crippen LogP contribution in [0.1, 0.15) is 12.5 Å². The van der Waals surface area contributed by atoms with Crippen molar-refractivity contribution in [2.24, 2.45) is 0 Å². The van der Waals surface area contributed by atoms with Gasteiger partial charge in [-0.1, -0.05) is 6.58 Å². The third kappa shape index (κ3) is 4.24. The topological polar surface area (TPSA) is 63.6 Å². The average molecular weight is 530 g/mol. The lowest BCUT2D eigenvalue weighted by Gasteiger charge is -2.16. The molecule has 0 saturated heterocycles. The summed E-state index contributed by atoms with van der Waals surface area (Å²) in [6, 6.07) is 3.30. The molecule has 0 radical (unpaired) electrons. The minimum absolute atomic E-state index is 0.110. The van der Waals surface area contributed by atoms with Crippen molar-refractivity contribution in [1.29, 1.82) is 0 Å². The number of hydrogen-bond donors (Lipinski definition) is 1. The summed E-state index contributed by atoms with van der Waals surface area (Å²) in [7, 11) is -5.50.